The Morgan fingerprint density at radius 1 is 1.17 bits per heavy atom. The van der Waals surface area contributed by atoms with Gasteiger partial charge < -0.3 is 21.3 Å². The van der Waals surface area contributed by atoms with E-state index < -0.39 is 41.6 Å². The quantitative estimate of drug-likeness (QED) is 0.646. The van der Waals surface area contributed by atoms with Gasteiger partial charge in [-0.25, -0.2) is 8.78 Å². The topological polar surface area (TPSA) is 105 Å². The van der Waals surface area contributed by atoms with Crippen LogP contribution in [0.1, 0.15) is 6.92 Å². The van der Waals surface area contributed by atoms with Gasteiger partial charge in [-0.15, -0.1) is 0 Å². The Bertz CT molecular complexity index is 575. The fraction of sp³-hybridized carbons (Fsp3) is 0.357. The van der Waals surface area contributed by atoms with Crippen molar-refractivity contribution in [2.75, 3.05) is 31.5 Å². The molecule has 0 saturated heterocycles. The zero-order chi connectivity index (χ0) is 17.4. The Labute approximate surface area is 131 Å². The number of hydrogen-bond donors (Lipinski definition) is 3. The number of carbonyl (C=O) groups is 3. The predicted molar refractivity (Wildman–Crippen MR) is 79.3 cm³/mol. The van der Waals surface area contributed by atoms with Crippen molar-refractivity contribution in [3.8, 4) is 0 Å². The number of halogens is 2. The molecule has 7 nitrogen and oxygen atoms in total. The number of rotatable bonds is 7. The molecule has 0 aliphatic carbocycles. The molecule has 1 aromatic rings. The molecule has 3 amide bonds. The molecule has 0 spiro atoms. The van der Waals surface area contributed by atoms with E-state index in [-0.39, 0.29) is 19.6 Å². The van der Waals surface area contributed by atoms with Crippen molar-refractivity contribution in [3.05, 3.63) is 29.8 Å². The van der Waals surface area contributed by atoms with E-state index in [0.717, 1.165) is 17.0 Å². The smallest absolute Gasteiger partial charge is 0.244 e. The van der Waals surface area contributed by atoms with Crippen LogP contribution in [0.4, 0.5) is 14.5 Å². The molecule has 0 saturated carbocycles. The van der Waals surface area contributed by atoms with Crippen molar-refractivity contribution in [1.82, 2.24) is 10.2 Å². The second-order valence-corrected chi connectivity index (χ2v) is 4.53. The monoisotopic (exact) mass is 328 g/mol. The first kappa shape index (κ1) is 18.5. The first-order chi connectivity index (χ1) is 10.9. The van der Waals surface area contributed by atoms with Gasteiger partial charge in [-0.3, -0.25) is 14.4 Å². The number of para-hydroxylation sites is 1. The van der Waals surface area contributed by atoms with Crippen LogP contribution >= 0.6 is 0 Å². The zero-order valence-corrected chi connectivity index (χ0v) is 12.6. The van der Waals surface area contributed by atoms with E-state index in [9.17, 15) is 23.2 Å². The molecular formula is C14H18F2N4O3. The van der Waals surface area contributed by atoms with E-state index in [1.165, 1.54) is 6.07 Å². The SMILES string of the molecule is CCN(CC(=O)Nc1c(F)cccc1F)C(=O)CNC(=O)CN. The number of hydrogen-bond acceptors (Lipinski definition) is 4. The van der Waals surface area contributed by atoms with E-state index in [2.05, 4.69) is 10.6 Å². The fourth-order valence-electron chi connectivity index (χ4n) is 1.70. The molecule has 0 atom stereocenters. The standard InChI is InChI=1S/C14H18F2N4O3/c1-2-20(13(23)7-18-11(21)6-17)8-12(22)19-14-9(15)4-3-5-10(14)16/h3-5H,2,6-8,17H2,1H3,(H,18,21)(H,19,22). The van der Waals surface area contributed by atoms with Gasteiger partial charge in [-0.1, -0.05) is 6.07 Å². The van der Waals surface area contributed by atoms with Crippen LogP contribution in [-0.2, 0) is 14.4 Å². The molecule has 0 aromatic heterocycles. The molecule has 0 heterocycles. The van der Waals surface area contributed by atoms with Crippen LogP contribution in [0.3, 0.4) is 0 Å². The first-order valence-corrected chi connectivity index (χ1v) is 6.87. The lowest BCUT2D eigenvalue weighted by Gasteiger charge is -2.20. The van der Waals surface area contributed by atoms with E-state index >= 15 is 0 Å². The average Bonchev–Trinajstić information content (AvgIpc) is 2.53. The molecule has 9 heteroatoms. The summed E-state index contributed by atoms with van der Waals surface area (Å²) in [6.45, 7) is 0.837. The minimum atomic E-state index is -0.914. The Morgan fingerprint density at radius 2 is 1.78 bits per heavy atom. The highest BCUT2D eigenvalue weighted by Gasteiger charge is 2.18. The summed E-state index contributed by atoms with van der Waals surface area (Å²) in [6.07, 6.45) is 0. The van der Waals surface area contributed by atoms with E-state index in [1.54, 1.807) is 6.92 Å². The van der Waals surface area contributed by atoms with Crippen molar-refractivity contribution < 1.29 is 23.2 Å². The molecule has 23 heavy (non-hydrogen) atoms. The van der Waals surface area contributed by atoms with Gasteiger partial charge in [-0.2, -0.15) is 0 Å². The van der Waals surface area contributed by atoms with Gasteiger partial charge in [0.25, 0.3) is 0 Å². The number of anilines is 1. The van der Waals surface area contributed by atoms with Gasteiger partial charge in [-0.05, 0) is 19.1 Å². The van der Waals surface area contributed by atoms with Crippen LogP contribution in [0.5, 0.6) is 0 Å². The number of benzene rings is 1. The van der Waals surface area contributed by atoms with Gasteiger partial charge in [0.1, 0.15) is 17.3 Å². The summed E-state index contributed by atoms with van der Waals surface area (Å²) in [6, 6.07) is 3.18. The van der Waals surface area contributed by atoms with E-state index in [1.807, 2.05) is 0 Å². The van der Waals surface area contributed by atoms with Gasteiger partial charge in [0.15, 0.2) is 0 Å². The third-order valence-corrected chi connectivity index (χ3v) is 2.92. The van der Waals surface area contributed by atoms with Crippen LogP contribution < -0.4 is 16.4 Å². The number of nitrogens with two attached hydrogens (primary N) is 1. The van der Waals surface area contributed by atoms with Crippen molar-refractivity contribution >= 4 is 23.4 Å². The normalized spacial score (nSPS) is 10.1. The maximum Gasteiger partial charge on any atom is 0.244 e. The molecule has 4 N–H and O–H groups in total. The van der Waals surface area contributed by atoms with Crippen LogP contribution in [-0.4, -0.2) is 48.8 Å². The van der Waals surface area contributed by atoms with Crippen molar-refractivity contribution in [2.45, 2.75) is 6.92 Å². The van der Waals surface area contributed by atoms with Gasteiger partial charge in [0.05, 0.1) is 19.6 Å². The summed E-state index contributed by atoms with van der Waals surface area (Å²) in [5, 5.41) is 4.37. The van der Waals surface area contributed by atoms with Crippen molar-refractivity contribution in [1.29, 1.82) is 0 Å². The molecule has 1 rings (SSSR count). The third-order valence-electron chi connectivity index (χ3n) is 2.92. The molecule has 126 valence electrons. The van der Waals surface area contributed by atoms with Gasteiger partial charge in [0.2, 0.25) is 17.7 Å². The Morgan fingerprint density at radius 3 is 2.30 bits per heavy atom. The summed E-state index contributed by atoms with van der Waals surface area (Å²) in [5.74, 6) is -3.61. The first-order valence-electron chi connectivity index (χ1n) is 6.87. The highest BCUT2D eigenvalue weighted by molar-refractivity contribution is 5.95. The average molecular weight is 328 g/mol. The molecule has 0 aliphatic rings. The van der Waals surface area contributed by atoms with Crippen LogP contribution in [0, 0.1) is 11.6 Å². The highest BCUT2D eigenvalue weighted by atomic mass is 19.1. The lowest BCUT2D eigenvalue weighted by molar-refractivity contribution is -0.135. The number of nitrogens with zero attached hydrogens (tertiary/aromatic N) is 1. The lowest BCUT2D eigenvalue weighted by atomic mass is 10.3. The van der Waals surface area contributed by atoms with E-state index in [4.69, 9.17) is 5.73 Å². The summed E-state index contributed by atoms with van der Waals surface area (Å²) in [7, 11) is 0. The predicted octanol–water partition coefficient (Wildman–Crippen LogP) is -0.173. The van der Waals surface area contributed by atoms with Crippen LogP contribution in [0.2, 0.25) is 0 Å². The number of carbonyl (C=O) groups excluding carboxylic acids is 3. The maximum absolute atomic E-state index is 13.4. The molecule has 0 fully saturated rings. The van der Waals surface area contributed by atoms with Crippen molar-refractivity contribution in [2.24, 2.45) is 5.73 Å². The number of amides is 3. The molecule has 0 aliphatic heterocycles. The Kier molecular flexibility index (Phi) is 7.07. The summed E-state index contributed by atoms with van der Waals surface area (Å²) < 4.78 is 26.9. The Balaban J connectivity index is 2.63. The fourth-order valence-corrected chi connectivity index (χ4v) is 1.70. The molecule has 0 bridgehead atoms. The lowest BCUT2D eigenvalue weighted by Crippen LogP contribution is -2.44. The van der Waals surface area contributed by atoms with Crippen LogP contribution in [0.15, 0.2) is 18.2 Å². The van der Waals surface area contributed by atoms with Crippen molar-refractivity contribution in [3.63, 3.8) is 0 Å². The second kappa shape index (κ2) is 8.79. The molecular weight excluding hydrogens is 310 g/mol. The minimum absolute atomic E-state index is 0.185. The van der Waals surface area contributed by atoms with Crippen LogP contribution in [0.25, 0.3) is 0 Å². The van der Waals surface area contributed by atoms with Gasteiger partial charge in [0, 0.05) is 6.54 Å². The summed E-state index contributed by atoms with van der Waals surface area (Å²) in [4.78, 5) is 35.8. The summed E-state index contributed by atoms with van der Waals surface area (Å²) in [5.41, 5.74) is 4.52. The van der Waals surface area contributed by atoms with E-state index in [0.29, 0.717) is 0 Å². The molecule has 1 aromatic carbocycles. The molecule has 0 radical (unpaired) electrons. The third kappa shape index (κ3) is 5.62. The summed E-state index contributed by atoms with van der Waals surface area (Å²) >= 11 is 0. The molecule has 0 unspecified atom stereocenters. The minimum Gasteiger partial charge on any atom is -0.346 e. The number of nitrogens with one attached hydrogen (secondary N) is 2. The number of likely N-dealkylation sites (N-methyl/N-ethyl adjacent to an activating group) is 1. The zero-order valence-electron chi connectivity index (χ0n) is 12.6. The highest BCUT2D eigenvalue weighted by Crippen LogP contribution is 2.17. The second-order valence-electron chi connectivity index (χ2n) is 4.53. The largest absolute Gasteiger partial charge is 0.346 e. The van der Waals surface area contributed by atoms with Gasteiger partial charge >= 0.3 is 0 Å². The Hall–Kier alpha value is -2.55. The maximum atomic E-state index is 13.4.